The Bertz CT molecular complexity index is 22.5. The van der Waals surface area contributed by atoms with Crippen molar-refractivity contribution < 1.29 is 0 Å². The second kappa shape index (κ2) is 15.7. The molecule has 0 amide bonds. The molecule has 0 aliphatic rings. The van der Waals surface area contributed by atoms with Crippen LogP contribution in [0.3, 0.4) is 0 Å². The molecule has 45 valence electrons. The zero-order chi connectivity index (χ0) is 6.83. The van der Waals surface area contributed by atoms with Crippen LogP contribution in [0.25, 0.3) is 0 Å². The highest BCUT2D eigenvalue weighted by atomic mass is 32.1. The molecule has 7 radical (unpaired) electrons. The lowest BCUT2D eigenvalue weighted by atomic mass is 10.4. The topological polar surface area (TPSA) is 0 Å². The van der Waals surface area contributed by atoms with Crippen molar-refractivity contribution in [3.8, 4) is 0 Å². The maximum absolute atomic E-state index is 4.00. The second-order valence-corrected chi connectivity index (χ2v) is 3.02. The molecule has 2 heteroatoms. The van der Waals surface area contributed by atoms with E-state index in [1.165, 1.54) is 17.4 Å². The van der Waals surface area contributed by atoms with Crippen molar-refractivity contribution in [2.75, 3.05) is 5.75 Å². The number of thiol groups is 1. The standard InChI is InChI=1S/C4H10S.C2H5.Mg/c1-2-3-4-5;1-2;/h5H,2-4H2,1H3;1H2,2H3;/q;;+2. The monoisotopic (exact) mass is 143 g/mol. The predicted molar refractivity (Wildman–Crippen MR) is 45.0 cm³/mol. The summed E-state index contributed by atoms with van der Waals surface area (Å²) >= 11 is 5.97. The van der Waals surface area contributed by atoms with Crippen LogP contribution in [0.15, 0.2) is 0 Å². The Kier molecular flexibility index (Phi) is 23.3. The first-order valence-electron chi connectivity index (χ1n) is 3.23. The molecule has 0 rings (SSSR count). The largest absolute Gasteiger partial charge is 1.41 e. The lowest BCUT2D eigenvalue weighted by Crippen LogP contribution is -1.65. The van der Waals surface area contributed by atoms with Gasteiger partial charge in [-0.25, -0.2) is 0 Å². The third kappa shape index (κ3) is 27.4. The Hall–Kier alpha value is 1.12. The number of hydrogen-bond donors (Lipinski definition) is 1. The minimum absolute atomic E-state index is 1.04. The van der Waals surface area contributed by atoms with Gasteiger partial charge in [0.05, 0.1) is 0 Å². The highest BCUT2D eigenvalue weighted by Crippen LogP contribution is 1.85. The first-order chi connectivity index (χ1) is 3.83. The second-order valence-electron chi connectivity index (χ2n) is 1.58. The molecule has 0 aromatic carbocycles. The third-order valence-corrected chi connectivity index (χ3v) is 0.828. The lowest BCUT2D eigenvalue weighted by molar-refractivity contribution is 0.899. The van der Waals surface area contributed by atoms with E-state index in [-0.39, 0.29) is 0 Å². The van der Waals surface area contributed by atoms with Gasteiger partial charge in [0, 0.05) is 6.92 Å². The van der Waals surface area contributed by atoms with Crippen molar-refractivity contribution in [2.24, 2.45) is 0 Å². The normalized spacial score (nSPS) is 7.50. The zero-order valence-electron chi connectivity index (χ0n) is 5.98. The van der Waals surface area contributed by atoms with E-state index in [0.29, 0.717) is 0 Å². The molecule has 0 bridgehead atoms. The fraction of sp³-hybridized carbons (Fsp3) is 1.00. The number of rotatable bonds is 2. The molecule has 0 aliphatic heterocycles. The van der Waals surface area contributed by atoms with Crippen molar-refractivity contribution in [1.29, 1.82) is 0 Å². The molecule has 0 nitrogen and oxygen atoms in total. The van der Waals surface area contributed by atoms with Crippen molar-refractivity contribution in [3.63, 3.8) is 0 Å². The maximum atomic E-state index is 4.00. The van der Waals surface area contributed by atoms with Crippen molar-refractivity contribution in [3.05, 3.63) is 0 Å². The van der Waals surface area contributed by atoms with Gasteiger partial charge in [0.1, 0.15) is 0 Å². The van der Waals surface area contributed by atoms with Crippen molar-refractivity contribution in [1.82, 2.24) is 0 Å². The molecular formula is C6H15MgS+2. The fourth-order valence-corrected chi connectivity index (χ4v) is 0.474. The Balaban J connectivity index is 0. The minimum atomic E-state index is 1.04. The molecule has 0 saturated heterocycles. The third-order valence-electron chi connectivity index (χ3n) is 0.512. The molecule has 0 spiro atoms. The highest BCUT2D eigenvalue weighted by Gasteiger charge is 2.13. The fourth-order valence-electron chi connectivity index (χ4n) is 0.158. The SMILES string of the molecule is CCCCS.C[CH2][Mg+2]. The smallest absolute Gasteiger partial charge is 0.179 e. The minimum Gasteiger partial charge on any atom is -0.179 e. The molecule has 0 heterocycles. The van der Waals surface area contributed by atoms with Crippen LogP contribution in [0, 0.1) is 0 Å². The summed E-state index contributed by atoms with van der Waals surface area (Å²) in [5.74, 6) is 1.04. The molecule has 0 aromatic heterocycles. The first-order valence-corrected chi connectivity index (χ1v) is 4.86. The van der Waals surface area contributed by atoms with Crippen LogP contribution in [0.4, 0.5) is 0 Å². The van der Waals surface area contributed by atoms with Crippen LogP contribution >= 0.6 is 12.6 Å². The molecule has 0 atom stereocenters. The summed E-state index contributed by atoms with van der Waals surface area (Å²) in [6, 6.07) is 0. The van der Waals surface area contributed by atoms with Crippen LogP contribution in [-0.4, -0.2) is 27.5 Å². The van der Waals surface area contributed by atoms with Gasteiger partial charge < -0.3 is 0 Å². The predicted octanol–water partition coefficient (Wildman–Crippen LogP) is 2.31. The molecule has 0 aromatic rings. The quantitative estimate of drug-likeness (QED) is 0.445. The van der Waals surface area contributed by atoms with Crippen molar-refractivity contribution >= 4 is 34.3 Å². The van der Waals surface area contributed by atoms with E-state index in [0.717, 1.165) is 5.75 Å². The summed E-state index contributed by atoms with van der Waals surface area (Å²) in [7, 11) is 0. The summed E-state index contributed by atoms with van der Waals surface area (Å²) in [5, 5.41) is 0. The average molecular weight is 144 g/mol. The van der Waals surface area contributed by atoms with Gasteiger partial charge in [-0.2, -0.15) is 12.6 Å². The van der Waals surface area contributed by atoms with Gasteiger partial charge in [-0.05, 0) is 12.2 Å². The van der Waals surface area contributed by atoms with E-state index >= 15 is 0 Å². The van der Waals surface area contributed by atoms with Crippen LogP contribution < -0.4 is 0 Å². The molecular weight excluding hydrogens is 128 g/mol. The molecule has 0 saturated carbocycles. The van der Waals surface area contributed by atoms with E-state index in [4.69, 9.17) is 0 Å². The Morgan fingerprint density at radius 2 is 1.75 bits per heavy atom. The molecule has 0 unspecified atom stereocenters. The van der Waals surface area contributed by atoms with Gasteiger partial charge in [-0.3, -0.25) is 0 Å². The van der Waals surface area contributed by atoms with Crippen LogP contribution in [-0.2, 0) is 0 Å². The molecule has 0 aliphatic carbocycles. The maximum Gasteiger partial charge on any atom is 1.41 e. The van der Waals surface area contributed by atoms with E-state index in [9.17, 15) is 0 Å². The van der Waals surface area contributed by atoms with E-state index < -0.39 is 0 Å². The summed E-state index contributed by atoms with van der Waals surface area (Å²) in [6.07, 6.45) is 2.52. The lowest BCUT2D eigenvalue weighted by Gasteiger charge is -1.78. The molecule has 8 heavy (non-hydrogen) atoms. The summed E-state index contributed by atoms with van der Waals surface area (Å²) in [4.78, 5) is 0. The van der Waals surface area contributed by atoms with Crippen LogP contribution in [0.5, 0.6) is 0 Å². The number of hydrogen-bond acceptors (Lipinski definition) is 1. The van der Waals surface area contributed by atoms with Gasteiger partial charge >= 0.3 is 21.7 Å². The van der Waals surface area contributed by atoms with Gasteiger partial charge in [0.25, 0.3) is 4.55 Å². The summed E-state index contributed by atoms with van der Waals surface area (Å²) < 4.78 is 1.28. The average Bonchev–Trinajstić information content (AvgIpc) is 1.71. The van der Waals surface area contributed by atoms with Gasteiger partial charge in [-0.15, -0.1) is 0 Å². The summed E-state index contributed by atoms with van der Waals surface area (Å²) in [5.41, 5.74) is 0. The van der Waals surface area contributed by atoms with Gasteiger partial charge in [0.15, 0.2) is 0 Å². The van der Waals surface area contributed by atoms with Gasteiger partial charge in [-0.1, -0.05) is 13.3 Å². The Morgan fingerprint density at radius 3 is 1.75 bits per heavy atom. The number of unbranched alkanes of at least 4 members (excludes halogenated alkanes) is 1. The zero-order valence-corrected chi connectivity index (χ0v) is 8.29. The Labute approximate surface area is 71.3 Å². The first kappa shape index (κ1) is 11.9. The highest BCUT2D eigenvalue weighted by molar-refractivity contribution is 7.80. The van der Waals surface area contributed by atoms with Gasteiger partial charge in [0.2, 0.25) is 0 Å². The Morgan fingerprint density at radius 1 is 1.38 bits per heavy atom. The summed E-state index contributed by atoms with van der Waals surface area (Å²) in [6.45, 7) is 4.30. The van der Waals surface area contributed by atoms with Crippen LogP contribution in [0.1, 0.15) is 26.7 Å². The van der Waals surface area contributed by atoms with Crippen LogP contribution in [0.2, 0.25) is 4.55 Å². The molecule has 0 fully saturated rings. The van der Waals surface area contributed by atoms with E-state index in [1.54, 1.807) is 0 Å². The van der Waals surface area contributed by atoms with Crippen molar-refractivity contribution in [2.45, 2.75) is 31.2 Å². The molecule has 0 N–H and O–H groups in total. The van der Waals surface area contributed by atoms with E-state index in [1.807, 2.05) is 21.7 Å². The van der Waals surface area contributed by atoms with E-state index in [2.05, 4.69) is 26.5 Å².